The van der Waals surface area contributed by atoms with E-state index in [4.69, 9.17) is 9.47 Å². The van der Waals surface area contributed by atoms with Crippen LogP contribution in [0.5, 0.6) is 5.75 Å². The number of esters is 1. The van der Waals surface area contributed by atoms with Crippen LogP contribution in [-0.4, -0.2) is 29.5 Å². The van der Waals surface area contributed by atoms with E-state index in [0.717, 1.165) is 19.3 Å². The summed E-state index contributed by atoms with van der Waals surface area (Å²) in [5, 5.41) is 13.7. The lowest BCUT2D eigenvalue weighted by atomic mass is 9.75. The number of anilines is 1. The standard InChI is InChI=1S/C17H20N2O6/c1-24-14-6-5-11(19(22)23)9-13(14)18-16(21)12-10-15(20)25-17(12)7-3-2-4-8-17/h5-6,9,12H,2-4,7-8,10H2,1H3,(H,18,21)/t12-/m0/s1. The lowest BCUT2D eigenvalue weighted by molar-refractivity contribution is -0.384. The summed E-state index contributed by atoms with van der Waals surface area (Å²) in [4.78, 5) is 35.1. The average molecular weight is 348 g/mol. The molecule has 8 nitrogen and oxygen atoms in total. The maximum Gasteiger partial charge on any atom is 0.307 e. The first kappa shape index (κ1) is 17.2. The summed E-state index contributed by atoms with van der Waals surface area (Å²) in [5.41, 5.74) is -0.679. The zero-order chi connectivity index (χ0) is 18.0. The topological polar surface area (TPSA) is 108 Å². The van der Waals surface area contributed by atoms with Gasteiger partial charge in [-0.1, -0.05) is 6.42 Å². The van der Waals surface area contributed by atoms with Crippen molar-refractivity contribution >= 4 is 23.3 Å². The van der Waals surface area contributed by atoms with Crippen LogP contribution >= 0.6 is 0 Å². The second-order valence-corrected chi connectivity index (χ2v) is 6.49. The van der Waals surface area contributed by atoms with Crippen LogP contribution in [0.1, 0.15) is 38.5 Å². The van der Waals surface area contributed by atoms with Crippen LogP contribution in [-0.2, 0) is 14.3 Å². The number of benzene rings is 1. The van der Waals surface area contributed by atoms with Gasteiger partial charge in [0.25, 0.3) is 5.69 Å². The summed E-state index contributed by atoms with van der Waals surface area (Å²) in [5.74, 6) is -1.01. The molecule has 1 saturated heterocycles. The highest BCUT2D eigenvalue weighted by atomic mass is 16.6. The quantitative estimate of drug-likeness (QED) is 0.509. The number of non-ortho nitro benzene ring substituents is 1. The number of hydrogen-bond donors (Lipinski definition) is 1. The molecule has 0 unspecified atom stereocenters. The van der Waals surface area contributed by atoms with Gasteiger partial charge in [-0.05, 0) is 31.7 Å². The second kappa shape index (κ2) is 6.70. The van der Waals surface area contributed by atoms with Crippen molar-refractivity contribution < 1.29 is 24.0 Å². The van der Waals surface area contributed by atoms with Gasteiger partial charge in [-0.25, -0.2) is 0 Å². The summed E-state index contributed by atoms with van der Waals surface area (Å²) in [7, 11) is 1.42. The first-order valence-corrected chi connectivity index (χ1v) is 8.30. The van der Waals surface area contributed by atoms with Crippen molar-refractivity contribution in [3.05, 3.63) is 28.3 Å². The first-order chi connectivity index (χ1) is 11.9. The fraction of sp³-hybridized carbons (Fsp3) is 0.529. The molecule has 1 heterocycles. The van der Waals surface area contributed by atoms with Crippen molar-refractivity contribution in [2.75, 3.05) is 12.4 Å². The van der Waals surface area contributed by atoms with Crippen molar-refractivity contribution in [1.82, 2.24) is 0 Å². The molecule has 8 heteroatoms. The smallest absolute Gasteiger partial charge is 0.307 e. The Morgan fingerprint density at radius 2 is 2.08 bits per heavy atom. The van der Waals surface area contributed by atoms with Gasteiger partial charge >= 0.3 is 5.97 Å². The van der Waals surface area contributed by atoms with E-state index < -0.39 is 16.4 Å². The van der Waals surface area contributed by atoms with Crippen LogP contribution in [0.25, 0.3) is 0 Å². The fourth-order valence-corrected chi connectivity index (χ4v) is 3.75. The van der Waals surface area contributed by atoms with Gasteiger partial charge in [-0.3, -0.25) is 19.7 Å². The van der Waals surface area contributed by atoms with E-state index in [0.29, 0.717) is 18.6 Å². The van der Waals surface area contributed by atoms with Crippen LogP contribution in [0.2, 0.25) is 0 Å². The van der Waals surface area contributed by atoms with Crippen LogP contribution in [0, 0.1) is 16.0 Å². The Balaban J connectivity index is 1.85. The molecule has 1 atom stereocenters. The number of nitro benzene ring substituents is 1. The van der Waals surface area contributed by atoms with Crippen molar-refractivity contribution in [2.45, 2.75) is 44.1 Å². The minimum Gasteiger partial charge on any atom is -0.495 e. The van der Waals surface area contributed by atoms with E-state index in [1.165, 1.54) is 25.3 Å². The molecule has 1 aromatic rings. The van der Waals surface area contributed by atoms with Crippen LogP contribution in [0.4, 0.5) is 11.4 Å². The van der Waals surface area contributed by atoms with Crippen molar-refractivity contribution in [1.29, 1.82) is 0 Å². The third-order valence-corrected chi connectivity index (χ3v) is 4.99. The lowest BCUT2D eigenvalue weighted by Gasteiger charge is -2.36. The Kier molecular flexibility index (Phi) is 4.61. The summed E-state index contributed by atoms with van der Waals surface area (Å²) >= 11 is 0. The average Bonchev–Trinajstić information content (AvgIpc) is 2.91. The van der Waals surface area contributed by atoms with Crippen molar-refractivity contribution in [3.63, 3.8) is 0 Å². The number of carbonyl (C=O) groups excluding carboxylic acids is 2. The summed E-state index contributed by atoms with van der Waals surface area (Å²) < 4.78 is 10.7. The molecule has 1 saturated carbocycles. The van der Waals surface area contributed by atoms with E-state index >= 15 is 0 Å². The molecule has 1 amide bonds. The number of methoxy groups -OCH3 is 1. The number of rotatable bonds is 4. The zero-order valence-corrected chi connectivity index (χ0v) is 13.9. The molecular formula is C17H20N2O6. The number of nitrogens with zero attached hydrogens (tertiary/aromatic N) is 1. The van der Waals surface area contributed by atoms with Gasteiger partial charge in [0.2, 0.25) is 5.91 Å². The molecule has 3 rings (SSSR count). The number of nitrogens with one attached hydrogen (secondary N) is 1. The molecule has 2 aliphatic rings. The van der Waals surface area contributed by atoms with Crippen LogP contribution in [0.3, 0.4) is 0 Å². The van der Waals surface area contributed by atoms with Gasteiger partial charge in [0.05, 0.1) is 30.1 Å². The molecule has 134 valence electrons. The van der Waals surface area contributed by atoms with Gasteiger partial charge in [-0.2, -0.15) is 0 Å². The molecule has 0 aromatic heterocycles. The SMILES string of the molecule is COc1ccc([N+](=O)[O-])cc1NC(=O)[C@@H]1CC(=O)OC12CCCCC2. The number of ether oxygens (including phenoxy) is 2. The highest BCUT2D eigenvalue weighted by molar-refractivity contribution is 5.98. The lowest BCUT2D eigenvalue weighted by Crippen LogP contribution is -2.43. The van der Waals surface area contributed by atoms with Crippen LogP contribution in [0.15, 0.2) is 18.2 Å². The first-order valence-electron chi connectivity index (χ1n) is 8.30. The van der Waals surface area contributed by atoms with Gasteiger partial charge in [-0.15, -0.1) is 0 Å². The highest BCUT2D eigenvalue weighted by Crippen LogP contribution is 2.45. The predicted octanol–water partition coefficient (Wildman–Crippen LogP) is 2.81. The Morgan fingerprint density at radius 3 is 2.72 bits per heavy atom. The normalized spacial score (nSPS) is 21.6. The Labute approximate surface area is 144 Å². The molecule has 1 N–H and O–H groups in total. The molecular weight excluding hydrogens is 328 g/mol. The Hall–Kier alpha value is -2.64. The predicted molar refractivity (Wildman–Crippen MR) is 88.3 cm³/mol. The fourth-order valence-electron chi connectivity index (χ4n) is 3.75. The summed E-state index contributed by atoms with van der Waals surface area (Å²) in [6.45, 7) is 0. The molecule has 1 aromatic carbocycles. The number of amides is 1. The molecule has 2 fully saturated rings. The third kappa shape index (κ3) is 3.29. The third-order valence-electron chi connectivity index (χ3n) is 4.99. The van der Waals surface area contributed by atoms with E-state index in [-0.39, 0.29) is 29.7 Å². The monoisotopic (exact) mass is 348 g/mol. The molecule has 0 bridgehead atoms. The Morgan fingerprint density at radius 1 is 1.36 bits per heavy atom. The highest BCUT2D eigenvalue weighted by Gasteiger charge is 2.52. The molecule has 0 radical (unpaired) electrons. The molecule has 1 spiro atoms. The number of hydrogen-bond acceptors (Lipinski definition) is 6. The molecule has 25 heavy (non-hydrogen) atoms. The zero-order valence-electron chi connectivity index (χ0n) is 13.9. The Bertz CT molecular complexity index is 711. The summed E-state index contributed by atoms with van der Waals surface area (Å²) in [6, 6.07) is 3.99. The number of nitro groups is 1. The van der Waals surface area contributed by atoms with Gasteiger partial charge in [0, 0.05) is 12.1 Å². The number of carbonyl (C=O) groups is 2. The second-order valence-electron chi connectivity index (χ2n) is 6.49. The van der Waals surface area contributed by atoms with Crippen molar-refractivity contribution in [2.24, 2.45) is 5.92 Å². The van der Waals surface area contributed by atoms with E-state index in [1.807, 2.05) is 0 Å². The molecule has 1 aliphatic heterocycles. The summed E-state index contributed by atoms with van der Waals surface area (Å²) in [6.07, 6.45) is 4.26. The van der Waals surface area contributed by atoms with Gasteiger partial charge in [0.15, 0.2) is 0 Å². The van der Waals surface area contributed by atoms with E-state index in [2.05, 4.69) is 5.32 Å². The van der Waals surface area contributed by atoms with Gasteiger partial charge in [0.1, 0.15) is 11.4 Å². The van der Waals surface area contributed by atoms with Gasteiger partial charge < -0.3 is 14.8 Å². The minimum absolute atomic E-state index is 0.0308. The van der Waals surface area contributed by atoms with Crippen molar-refractivity contribution in [3.8, 4) is 5.75 Å². The van der Waals surface area contributed by atoms with E-state index in [1.54, 1.807) is 0 Å². The van der Waals surface area contributed by atoms with E-state index in [9.17, 15) is 19.7 Å². The maximum atomic E-state index is 12.8. The molecule has 1 aliphatic carbocycles. The largest absolute Gasteiger partial charge is 0.495 e. The van der Waals surface area contributed by atoms with Crippen LogP contribution < -0.4 is 10.1 Å². The minimum atomic E-state index is -0.743. The maximum absolute atomic E-state index is 12.8.